The monoisotopic (exact) mass is 274 g/mol. The van der Waals surface area contributed by atoms with Gasteiger partial charge in [0.2, 0.25) is 5.91 Å². The van der Waals surface area contributed by atoms with E-state index >= 15 is 0 Å². The van der Waals surface area contributed by atoms with Gasteiger partial charge in [0.25, 0.3) is 0 Å². The first kappa shape index (κ1) is 17.3. The summed E-state index contributed by atoms with van der Waals surface area (Å²) in [6, 6.07) is 0. The molecule has 1 amide bonds. The first-order chi connectivity index (χ1) is 8.36. The van der Waals surface area contributed by atoms with Crippen molar-refractivity contribution < 1.29 is 9.53 Å². The van der Waals surface area contributed by atoms with Crippen molar-refractivity contribution in [1.29, 1.82) is 0 Å². The standard InChI is InChI=1S/C13H26N2O2S/c1-9(2)11(12(14)18)13(16)15-7-5-6-8-17-10(3)4/h9-11H,5-8H2,1-4H3,(H2,14,18)(H,15,16). The highest BCUT2D eigenvalue weighted by Gasteiger charge is 2.24. The topological polar surface area (TPSA) is 64.3 Å². The van der Waals surface area contributed by atoms with Gasteiger partial charge in [-0.05, 0) is 32.6 Å². The highest BCUT2D eigenvalue weighted by Crippen LogP contribution is 2.11. The van der Waals surface area contributed by atoms with Crippen LogP contribution in [0.5, 0.6) is 0 Å². The first-order valence-electron chi connectivity index (χ1n) is 6.54. The molecule has 1 atom stereocenters. The molecule has 0 aliphatic heterocycles. The largest absolute Gasteiger partial charge is 0.393 e. The molecule has 0 fully saturated rings. The van der Waals surface area contributed by atoms with Gasteiger partial charge in [0.1, 0.15) is 0 Å². The molecule has 4 nitrogen and oxygen atoms in total. The molecule has 0 radical (unpaired) electrons. The van der Waals surface area contributed by atoms with Crippen molar-refractivity contribution in [3.63, 3.8) is 0 Å². The molecule has 0 rings (SSSR count). The number of ether oxygens (including phenoxy) is 1. The van der Waals surface area contributed by atoms with Crippen LogP contribution in [0.15, 0.2) is 0 Å². The number of carbonyl (C=O) groups is 1. The van der Waals surface area contributed by atoms with Crippen molar-refractivity contribution in [2.75, 3.05) is 13.2 Å². The molecule has 0 aromatic rings. The number of hydrogen-bond acceptors (Lipinski definition) is 3. The Kier molecular flexibility index (Phi) is 8.93. The predicted molar refractivity (Wildman–Crippen MR) is 78.4 cm³/mol. The number of rotatable bonds is 9. The predicted octanol–water partition coefficient (Wildman–Crippen LogP) is 1.87. The number of thiocarbonyl (C=S) groups is 1. The molecule has 0 aromatic carbocycles. The van der Waals surface area contributed by atoms with Gasteiger partial charge in [0.15, 0.2) is 0 Å². The number of unbranched alkanes of at least 4 members (excludes halogenated alkanes) is 1. The van der Waals surface area contributed by atoms with Crippen LogP contribution in [-0.4, -0.2) is 30.2 Å². The van der Waals surface area contributed by atoms with E-state index in [1.54, 1.807) is 0 Å². The second-order valence-corrected chi connectivity index (χ2v) is 5.51. The fourth-order valence-corrected chi connectivity index (χ4v) is 2.01. The molecule has 0 heterocycles. The maximum Gasteiger partial charge on any atom is 0.230 e. The van der Waals surface area contributed by atoms with E-state index in [0.717, 1.165) is 19.4 Å². The van der Waals surface area contributed by atoms with Crippen LogP contribution in [0.2, 0.25) is 0 Å². The quantitative estimate of drug-likeness (QED) is 0.497. The fraction of sp³-hybridized carbons (Fsp3) is 0.846. The summed E-state index contributed by atoms with van der Waals surface area (Å²) in [6.07, 6.45) is 2.11. The lowest BCUT2D eigenvalue weighted by Gasteiger charge is -2.18. The second kappa shape index (κ2) is 9.28. The summed E-state index contributed by atoms with van der Waals surface area (Å²) in [5.41, 5.74) is 5.57. The summed E-state index contributed by atoms with van der Waals surface area (Å²) >= 11 is 4.92. The molecule has 18 heavy (non-hydrogen) atoms. The third-order valence-corrected chi connectivity index (χ3v) is 2.83. The number of hydrogen-bond donors (Lipinski definition) is 2. The number of carbonyl (C=O) groups excluding carboxylic acids is 1. The molecule has 0 bridgehead atoms. The van der Waals surface area contributed by atoms with E-state index in [-0.39, 0.29) is 28.8 Å². The fourth-order valence-electron chi connectivity index (χ4n) is 1.63. The first-order valence-corrected chi connectivity index (χ1v) is 6.95. The molecule has 5 heteroatoms. The van der Waals surface area contributed by atoms with Gasteiger partial charge in [-0.3, -0.25) is 4.79 Å². The van der Waals surface area contributed by atoms with Crippen LogP contribution in [0.1, 0.15) is 40.5 Å². The van der Waals surface area contributed by atoms with Crippen molar-refractivity contribution >= 4 is 23.1 Å². The maximum absolute atomic E-state index is 11.9. The molecule has 0 saturated carbocycles. The molecule has 106 valence electrons. The van der Waals surface area contributed by atoms with Gasteiger partial charge in [-0.15, -0.1) is 0 Å². The summed E-state index contributed by atoms with van der Waals surface area (Å²) in [5, 5.41) is 2.87. The Labute approximate surface area is 116 Å². The highest BCUT2D eigenvalue weighted by atomic mass is 32.1. The Bertz CT molecular complexity index is 268. The number of amides is 1. The van der Waals surface area contributed by atoms with Crippen LogP contribution < -0.4 is 11.1 Å². The van der Waals surface area contributed by atoms with Gasteiger partial charge in [-0.2, -0.15) is 0 Å². The second-order valence-electron chi connectivity index (χ2n) is 5.04. The molecule has 0 aliphatic carbocycles. The van der Waals surface area contributed by atoms with E-state index in [1.807, 2.05) is 27.7 Å². The maximum atomic E-state index is 11.9. The lowest BCUT2D eigenvalue weighted by molar-refractivity contribution is -0.124. The Morgan fingerprint density at radius 1 is 1.28 bits per heavy atom. The summed E-state index contributed by atoms with van der Waals surface area (Å²) in [7, 11) is 0. The molecule has 0 saturated heterocycles. The van der Waals surface area contributed by atoms with Gasteiger partial charge >= 0.3 is 0 Å². The molecular weight excluding hydrogens is 248 g/mol. The minimum Gasteiger partial charge on any atom is -0.393 e. The van der Waals surface area contributed by atoms with Crippen molar-refractivity contribution in [3.8, 4) is 0 Å². The van der Waals surface area contributed by atoms with E-state index in [2.05, 4.69) is 5.32 Å². The van der Waals surface area contributed by atoms with E-state index in [1.165, 1.54) is 0 Å². The molecular formula is C13H26N2O2S. The summed E-state index contributed by atoms with van der Waals surface area (Å²) < 4.78 is 5.42. The minimum absolute atomic E-state index is 0.0673. The van der Waals surface area contributed by atoms with Gasteiger partial charge in [-0.1, -0.05) is 26.1 Å². The molecule has 0 spiro atoms. The summed E-state index contributed by atoms with van der Waals surface area (Å²) in [4.78, 5) is 12.1. The summed E-state index contributed by atoms with van der Waals surface area (Å²) in [5.74, 6) is -0.305. The van der Waals surface area contributed by atoms with Crippen molar-refractivity contribution in [2.45, 2.75) is 46.6 Å². The third-order valence-electron chi connectivity index (χ3n) is 2.58. The summed E-state index contributed by atoms with van der Waals surface area (Å²) in [6.45, 7) is 9.29. The highest BCUT2D eigenvalue weighted by molar-refractivity contribution is 7.80. The molecule has 0 aliphatic rings. The minimum atomic E-state index is -0.369. The zero-order valence-electron chi connectivity index (χ0n) is 11.9. The zero-order chi connectivity index (χ0) is 14.1. The van der Waals surface area contributed by atoms with E-state index in [4.69, 9.17) is 22.7 Å². The Morgan fingerprint density at radius 3 is 2.33 bits per heavy atom. The van der Waals surface area contributed by atoms with Crippen molar-refractivity contribution in [3.05, 3.63) is 0 Å². The van der Waals surface area contributed by atoms with Crippen molar-refractivity contribution in [2.24, 2.45) is 17.6 Å². The van der Waals surface area contributed by atoms with Crippen LogP contribution in [0, 0.1) is 11.8 Å². The lowest BCUT2D eigenvalue weighted by atomic mass is 9.95. The zero-order valence-corrected chi connectivity index (χ0v) is 12.7. The van der Waals surface area contributed by atoms with Crippen LogP contribution >= 0.6 is 12.2 Å². The van der Waals surface area contributed by atoms with Crippen molar-refractivity contribution in [1.82, 2.24) is 5.32 Å². The van der Waals surface area contributed by atoms with Gasteiger partial charge in [-0.25, -0.2) is 0 Å². The third kappa shape index (κ3) is 7.61. The number of nitrogens with two attached hydrogens (primary N) is 1. The van der Waals surface area contributed by atoms with Gasteiger partial charge in [0.05, 0.1) is 17.0 Å². The number of nitrogens with one attached hydrogen (secondary N) is 1. The SMILES string of the molecule is CC(C)OCCCCNC(=O)C(C(N)=S)C(C)C. The molecule has 0 aromatic heterocycles. The van der Waals surface area contributed by atoms with Crippen LogP contribution in [0.25, 0.3) is 0 Å². The Balaban J connectivity index is 3.78. The lowest BCUT2D eigenvalue weighted by Crippen LogP contribution is -2.41. The molecule has 1 unspecified atom stereocenters. The van der Waals surface area contributed by atoms with Crippen LogP contribution in [0.4, 0.5) is 0 Å². The van der Waals surface area contributed by atoms with E-state index in [9.17, 15) is 4.79 Å². The van der Waals surface area contributed by atoms with E-state index in [0.29, 0.717) is 6.54 Å². The van der Waals surface area contributed by atoms with Crippen LogP contribution in [-0.2, 0) is 9.53 Å². The smallest absolute Gasteiger partial charge is 0.230 e. The van der Waals surface area contributed by atoms with E-state index < -0.39 is 0 Å². The normalized spacial score (nSPS) is 12.8. The molecule has 3 N–H and O–H groups in total. The average molecular weight is 274 g/mol. The Hall–Kier alpha value is -0.680. The average Bonchev–Trinajstić information content (AvgIpc) is 2.21. The van der Waals surface area contributed by atoms with Crippen LogP contribution in [0.3, 0.4) is 0 Å². The Morgan fingerprint density at radius 2 is 1.89 bits per heavy atom. The van der Waals surface area contributed by atoms with Gasteiger partial charge < -0.3 is 15.8 Å². The van der Waals surface area contributed by atoms with Gasteiger partial charge in [0, 0.05) is 13.2 Å².